The Kier molecular flexibility index (Phi) is 3.47. The van der Waals surface area contributed by atoms with E-state index < -0.39 is 0 Å². The molecule has 1 saturated heterocycles. The number of nitrogens with two attached hydrogens (primary N) is 1. The zero-order valence-corrected chi connectivity index (χ0v) is 11.2. The van der Waals surface area contributed by atoms with Crippen LogP contribution in [0.5, 0.6) is 0 Å². The van der Waals surface area contributed by atoms with E-state index in [9.17, 15) is 0 Å². The van der Waals surface area contributed by atoms with Gasteiger partial charge in [-0.1, -0.05) is 13.8 Å². The number of nitrogens with zero attached hydrogens (tertiary/aromatic N) is 2. The van der Waals surface area contributed by atoms with Crippen molar-refractivity contribution in [1.29, 1.82) is 5.26 Å². The first-order valence-electron chi connectivity index (χ1n) is 6.56. The van der Waals surface area contributed by atoms with Gasteiger partial charge in [0.1, 0.15) is 6.07 Å². The lowest BCUT2D eigenvalue weighted by molar-refractivity contribution is 0.325. The Hall–Kier alpha value is -1.69. The maximum atomic E-state index is 9.03. The highest BCUT2D eigenvalue weighted by Crippen LogP contribution is 2.32. The molecule has 1 aromatic carbocycles. The zero-order valence-electron chi connectivity index (χ0n) is 11.2. The fourth-order valence-corrected chi connectivity index (χ4v) is 2.52. The molecule has 1 aromatic rings. The molecule has 0 bridgehead atoms. The predicted molar refractivity (Wildman–Crippen MR) is 75.4 cm³/mol. The number of nitrogen functional groups attached to an aromatic ring is 1. The topological polar surface area (TPSA) is 53.0 Å². The maximum absolute atomic E-state index is 9.03. The lowest BCUT2D eigenvalue weighted by Crippen LogP contribution is -2.25. The average Bonchev–Trinajstić information content (AvgIpc) is 2.51. The van der Waals surface area contributed by atoms with Crippen LogP contribution < -0.4 is 10.6 Å². The van der Waals surface area contributed by atoms with Gasteiger partial charge in [0.05, 0.1) is 5.56 Å². The molecule has 1 aliphatic heterocycles. The Balaban J connectivity index is 2.19. The fourth-order valence-electron chi connectivity index (χ4n) is 2.52. The molecule has 3 heteroatoms. The third kappa shape index (κ3) is 2.76. The van der Waals surface area contributed by atoms with Crippen LogP contribution in [0.25, 0.3) is 0 Å². The average molecular weight is 243 g/mol. The number of hydrogen-bond donors (Lipinski definition) is 1. The van der Waals surface area contributed by atoms with Crippen molar-refractivity contribution in [2.24, 2.45) is 5.41 Å². The minimum Gasteiger partial charge on any atom is -0.398 e. The van der Waals surface area contributed by atoms with Crippen LogP contribution in [0.15, 0.2) is 18.2 Å². The molecule has 2 rings (SSSR count). The second kappa shape index (κ2) is 4.89. The monoisotopic (exact) mass is 243 g/mol. The smallest absolute Gasteiger partial charge is 0.101 e. The van der Waals surface area contributed by atoms with Gasteiger partial charge in [-0.3, -0.25) is 0 Å². The van der Waals surface area contributed by atoms with E-state index in [-0.39, 0.29) is 0 Å². The van der Waals surface area contributed by atoms with Gasteiger partial charge in [0.2, 0.25) is 0 Å². The lowest BCUT2D eigenvalue weighted by Gasteiger charge is -2.25. The van der Waals surface area contributed by atoms with E-state index in [1.165, 1.54) is 19.3 Å². The summed E-state index contributed by atoms with van der Waals surface area (Å²) in [6.45, 7) is 6.79. The molecule has 0 amide bonds. The van der Waals surface area contributed by atoms with Crippen molar-refractivity contribution < 1.29 is 0 Å². The van der Waals surface area contributed by atoms with Crippen molar-refractivity contribution in [3.05, 3.63) is 23.8 Å². The molecule has 0 aromatic heterocycles. The molecule has 0 radical (unpaired) electrons. The summed E-state index contributed by atoms with van der Waals surface area (Å²) in [6, 6.07) is 7.92. The molecule has 1 fully saturated rings. The largest absolute Gasteiger partial charge is 0.398 e. The van der Waals surface area contributed by atoms with Crippen molar-refractivity contribution in [3.8, 4) is 6.07 Å². The van der Waals surface area contributed by atoms with E-state index in [4.69, 9.17) is 11.0 Å². The molecule has 96 valence electrons. The highest BCUT2D eigenvalue weighted by Gasteiger charge is 2.23. The fraction of sp³-hybridized carbons (Fsp3) is 0.533. The lowest BCUT2D eigenvalue weighted by atomic mass is 9.85. The molecule has 18 heavy (non-hydrogen) atoms. The Morgan fingerprint density at radius 1 is 1.28 bits per heavy atom. The summed E-state index contributed by atoms with van der Waals surface area (Å²) in [5, 5.41) is 9.03. The summed E-state index contributed by atoms with van der Waals surface area (Å²) in [6.07, 6.45) is 3.67. The van der Waals surface area contributed by atoms with Crippen LogP contribution in [0, 0.1) is 16.7 Å². The van der Waals surface area contributed by atoms with E-state index in [1.54, 1.807) is 0 Å². The molecule has 1 heterocycles. The molecule has 0 atom stereocenters. The van der Waals surface area contributed by atoms with Gasteiger partial charge in [-0.2, -0.15) is 5.26 Å². The SMILES string of the molecule is CC1(C)CCCN(c2ccc(N)c(C#N)c2)CC1. The van der Waals surface area contributed by atoms with Crippen LogP contribution in [0.2, 0.25) is 0 Å². The quantitative estimate of drug-likeness (QED) is 0.771. The van der Waals surface area contributed by atoms with Gasteiger partial charge in [0.15, 0.2) is 0 Å². The maximum Gasteiger partial charge on any atom is 0.101 e. The number of anilines is 2. The van der Waals surface area contributed by atoms with Crippen molar-refractivity contribution in [2.45, 2.75) is 33.1 Å². The minimum atomic E-state index is 0.431. The number of hydrogen-bond acceptors (Lipinski definition) is 3. The van der Waals surface area contributed by atoms with Crippen LogP contribution in [0.3, 0.4) is 0 Å². The number of rotatable bonds is 1. The van der Waals surface area contributed by atoms with Crippen molar-refractivity contribution >= 4 is 11.4 Å². The normalized spacial score (nSPS) is 19.1. The van der Waals surface area contributed by atoms with E-state index in [0.717, 1.165) is 18.8 Å². The molecular formula is C15H21N3. The molecule has 0 spiro atoms. The van der Waals surface area contributed by atoms with E-state index in [1.807, 2.05) is 18.2 Å². The van der Waals surface area contributed by atoms with Crippen LogP contribution in [0.4, 0.5) is 11.4 Å². The van der Waals surface area contributed by atoms with Crippen molar-refractivity contribution in [2.75, 3.05) is 23.7 Å². The molecular weight excluding hydrogens is 222 g/mol. The molecule has 0 aliphatic carbocycles. The van der Waals surface area contributed by atoms with Crippen LogP contribution in [-0.4, -0.2) is 13.1 Å². The first-order valence-corrected chi connectivity index (χ1v) is 6.56. The molecule has 2 N–H and O–H groups in total. The summed E-state index contributed by atoms with van der Waals surface area (Å²) in [7, 11) is 0. The van der Waals surface area contributed by atoms with E-state index in [0.29, 0.717) is 16.7 Å². The molecule has 1 aliphatic rings. The summed E-state index contributed by atoms with van der Waals surface area (Å²) in [5.41, 5.74) is 8.46. The third-order valence-electron chi connectivity index (χ3n) is 3.86. The Bertz CT molecular complexity index is 471. The summed E-state index contributed by atoms with van der Waals surface area (Å²) in [5.74, 6) is 0. The molecule has 0 unspecified atom stereocenters. The van der Waals surface area contributed by atoms with Gasteiger partial charge in [-0.25, -0.2) is 0 Å². The zero-order chi connectivity index (χ0) is 13.2. The summed E-state index contributed by atoms with van der Waals surface area (Å²) in [4.78, 5) is 2.37. The first-order chi connectivity index (χ1) is 8.52. The van der Waals surface area contributed by atoms with Crippen LogP contribution >= 0.6 is 0 Å². The van der Waals surface area contributed by atoms with E-state index in [2.05, 4.69) is 24.8 Å². The Morgan fingerprint density at radius 2 is 2.06 bits per heavy atom. The molecule has 3 nitrogen and oxygen atoms in total. The predicted octanol–water partition coefficient (Wildman–Crippen LogP) is 3.16. The Morgan fingerprint density at radius 3 is 2.78 bits per heavy atom. The van der Waals surface area contributed by atoms with E-state index >= 15 is 0 Å². The minimum absolute atomic E-state index is 0.431. The second-order valence-corrected chi connectivity index (χ2v) is 5.89. The highest BCUT2D eigenvalue weighted by molar-refractivity contribution is 5.62. The van der Waals surface area contributed by atoms with Gasteiger partial charge in [0.25, 0.3) is 0 Å². The summed E-state index contributed by atoms with van der Waals surface area (Å²) < 4.78 is 0. The van der Waals surface area contributed by atoms with Crippen LogP contribution in [-0.2, 0) is 0 Å². The standard InChI is InChI=1S/C15H21N3/c1-15(2)6-3-8-18(9-7-15)13-4-5-14(17)12(10-13)11-16/h4-5,10H,3,6-9,17H2,1-2H3. The first kappa shape index (κ1) is 12.8. The van der Waals surface area contributed by atoms with Crippen molar-refractivity contribution in [3.63, 3.8) is 0 Å². The van der Waals surface area contributed by atoms with Gasteiger partial charge >= 0.3 is 0 Å². The van der Waals surface area contributed by atoms with Gasteiger partial charge in [-0.05, 0) is 42.9 Å². The Labute approximate surface area is 109 Å². The highest BCUT2D eigenvalue weighted by atomic mass is 15.1. The van der Waals surface area contributed by atoms with Crippen LogP contribution in [0.1, 0.15) is 38.7 Å². The third-order valence-corrected chi connectivity index (χ3v) is 3.86. The van der Waals surface area contributed by atoms with Gasteiger partial charge in [-0.15, -0.1) is 0 Å². The summed E-state index contributed by atoms with van der Waals surface area (Å²) >= 11 is 0. The van der Waals surface area contributed by atoms with Crippen molar-refractivity contribution in [1.82, 2.24) is 0 Å². The number of benzene rings is 1. The number of nitriles is 1. The van der Waals surface area contributed by atoms with Gasteiger partial charge in [0, 0.05) is 24.5 Å². The van der Waals surface area contributed by atoms with Gasteiger partial charge < -0.3 is 10.6 Å². The second-order valence-electron chi connectivity index (χ2n) is 5.89. The molecule has 0 saturated carbocycles.